The molecule has 0 aliphatic heterocycles. The third-order valence-electron chi connectivity index (χ3n) is 4.78. The second-order valence-electron chi connectivity index (χ2n) is 5.94. The van der Waals surface area contributed by atoms with Gasteiger partial charge in [0.05, 0.1) is 11.7 Å². The van der Waals surface area contributed by atoms with E-state index in [1.165, 1.54) is 19.3 Å². The van der Waals surface area contributed by atoms with Crippen molar-refractivity contribution in [2.24, 2.45) is 17.8 Å². The minimum atomic E-state index is 0.200. The Balaban J connectivity index is 1.52. The van der Waals surface area contributed by atoms with Crippen LogP contribution < -0.4 is 5.32 Å². The average Bonchev–Trinajstić information content (AvgIpc) is 3.13. The molecule has 19 heavy (non-hydrogen) atoms. The van der Waals surface area contributed by atoms with Crippen molar-refractivity contribution in [3.63, 3.8) is 0 Å². The molecule has 2 aliphatic carbocycles. The molecule has 0 spiro atoms. The molecule has 2 N–H and O–H groups in total. The standard InChI is InChI=1S/C15H17N3O/c19-15(13-6-9-1-2-10(13)5-9)17-12-4-3-11-8-16-18-14(11)7-12/h3-4,7-10,13H,1-2,5-6H2,(H,16,18)(H,17,19). The lowest BCUT2D eigenvalue weighted by molar-refractivity contribution is -0.121. The van der Waals surface area contributed by atoms with Crippen LogP contribution in [-0.4, -0.2) is 16.1 Å². The highest BCUT2D eigenvalue weighted by molar-refractivity contribution is 5.95. The number of hydrogen-bond acceptors (Lipinski definition) is 2. The van der Waals surface area contributed by atoms with Gasteiger partial charge >= 0.3 is 0 Å². The lowest BCUT2D eigenvalue weighted by Crippen LogP contribution is -2.27. The first-order valence-corrected chi connectivity index (χ1v) is 7.03. The maximum absolute atomic E-state index is 12.3. The molecule has 1 aromatic heterocycles. The molecule has 2 saturated carbocycles. The highest BCUT2D eigenvalue weighted by atomic mass is 16.1. The molecule has 1 heterocycles. The maximum atomic E-state index is 12.3. The molecule has 4 nitrogen and oxygen atoms in total. The van der Waals surface area contributed by atoms with Crippen molar-refractivity contribution in [2.45, 2.75) is 25.7 Å². The van der Waals surface area contributed by atoms with Crippen molar-refractivity contribution >= 4 is 22.5 Å². The van der Waals surface area contributed by atoms with Crippen LogP contribution in [0.4, 0.5) is 5.69 Å². The summed E-state index contributed by atoms with van der Waals surface area (Å²) in [6, 6.07) is 5.88. The fraction of sp³-hybridized carbons (Fsp3) is 0.467. The third-order valence-corrected chi connectivity index (χ3v) is 4.78. The Labute approximate surface area is 111 Å². The number of hydrogen-bond donors (Lipinski definition) is 2. The van der Waals surface area contributed by atoms with Gasteiger partial charge in [-0.2, -0.15) is 5.10 Å². The van der Waals surface area contributed by atoms with Crippen LogP contribution in [0.1, 0.15) is 25.7 Å². The van der Waals surface area contributed by atoms with Crippen molar-refractivity contribution in [1.82, 2.24) is 10.2 Å². The van der Waals surface area contributed by atoms with Gasteiger partial charge in [0.25, 0.3) is 0 Å². The van der Waals surface area contributed by atoms with E-state index in [2.05, 4.69) is 15.5 Å². The van der Waals surface area contributed by atoms with E-state index >= 15 is 0 Å². The van der Waals surface area contributed by atoms with Gasteiger partial charge in [-0.05, 0) is 49.3 Å². The summed E-state index contributed by atoms with van der Waals surface area (Å²) >= 11 is 0. The van der Waals surface area contributed by atoms with Gasteiger partial charge in [0.2, 0.25) is 5.91 Å². The fourth-order valence-electron chi connectivity index (χ4n) is 3.82. The minimum Gasteiger partial charge on any atom is -0.326 e. The topological polar surface area (TPSA) is 57.8 Å². The Kier molecular flexibility index (Phi) is 2.37. The quantitative estimate of drug-likeness (QED) is 0.866. The maximum Gasteiger partial charge on any atom is 0.227 e. The van der Waals surface area contributed by atoms with E-state index in [9.17, 15) is 4.79 Å². The zero-order chi connectivity index (χ0) is 12.8. The fourth-order valence-corrected chi connectivity index (χ4v) is 3.82. The van der Waals surface area contributed by atoms with Gasteiger partial charge in [0.1, 0.15) is 0 Å². The summed E-state index contributed by atoms with van der Waals surface area (Å²) in [6.45, 7) is 0. The third kappa shape index (κ3) is 1.82. The number of carbonyl (C=O) groups is 1. The number of nitrogens with zero attached hydrogens (tertiary/aromatic N) is 1. The summed E-state index contributed by atoms with van der Waals surface area (Å²) in [4.78, 5) is 12.3. The summed E-state index contributed by atoms with van der Waals surface area (Å²) in [5.74, 6) is 1.86. The summed E-state index contributed by atoms with van der Waals surface area (Å²) in [7, 11) is 0. The van der Waals surface area contributed by atoms with Crippen molar-refractivity contribution in [3.8, 4) is 0 Å². The predicted octanol–water partition coefficient (Wildman–Crippen LogP) is 2.94. The first-order valence-electron chi connectivity index (χ1n) is 7.03. The number of nitrogens with one attached hydrogen (secondary N) is 2. The van der Waals surface area contributed by atoms with Crippen molar-refractivity contribution < 1.29 is 4.79 Å². The normalized spacial score (nSPS) is 28.9. The number of fused-ring (bicyclic) bond motifs is 3. The second kappa shape index (κ2) is 4.08. The van der Waals surface area contributed by atoms with Gasteiger partial charge < -0.3 is 5.32 Å². The van der Waals surface area contributed by atoms with Crippen molar-refractivity contribution in [3.05, 3.63) is 24.4 Å². The zero-order valence-electron chi connectivity index (χ0n) is 10.7. The molecule has 3 unspecified atom stereocenters. The van der Waals surface area contributed by atoms with E-state index in [4.69, 9.17) is 0 Å². The van der Waals surface area contributed by atoms with Crippen LogP contribution in [0.2, 0.25) is 0 Å². The number of aromatic nitrogens is 2. The van der Waals surface area contributed by atoms with Crippen LogP contribution in [-0.2, 0) is 4.79 Å². The van der Waals surface area contributed by atoms with E-state index in [0.29, 0.717) is 5.92 Å². The molecule has 4 heteroatoms. The predicted molar refractivity (Wildman–Crippen MR) is 73.7 cm³/mol. The smallest absolute Gasteiger partial charge is 0.227 e. The molecule has 1 amide bonds. The molecule has 0 saturated heterocycles. The molecule has 2 aromatic rings. The van der Waals surface area contributed by atoms with E-state index in [0.717, 1.165) is 28.9 Å². The largest absolute Gasteiger partial charge is 0.326 e. The molecular formula is C15H17N3O. The molecular weight excluding hydrogens is 238 g/mol. The SMILES string of the molecule is O=C(Nc1ccc2cn[nH]c2c1)C1CC2CCC1C2. The Hall–Kier alpha value is -1.84. The number of amides is 1. The molecule has 0 radical (unpaired) electrons. The summed E-state index contributed by atoms with van der Waals surface area (Å²) in [5.41, 5.74) is 1.83. The van der Waals surface area contributed by atoms with Gasteiger partial charge in [0.15, 0.2) is 0 Å². The Bertz CT molecular complexity index is 633. The van der Waals surface area contributed by atoms with Crippen LogP contribution in [0.5, 0.6) is 0 Å². The van der Waals surface area contributed by atoms with Crippen LogP contribution >= 0.6 is 0 Å². The monoisotopic (exact) mass is 255 g/mol. The zero-order valence-corrected chi connectivity index (χ0v) is 10.7. The van der Waals surface area contributed by atoms with E-state index in [-0.39, 0.29) is 11.8 Å². The van der Waals surface area contributed by atoms with Gasteiger partial charge in [0, 0.05) is 17.0 Å². The average molecular weight is 255 g/mol. The number of anilines is 1. The van der Waals surface area contributed by atoms with Crippen LogP contribution in [0.25, 0.3) is 10.9 Å². The lowest BCUT2D eigenvalue weighted by Gasteiger charge is -2.20. The molecule has 1 aromatic carbocycles. The number of benzene rings is 1. The highest BCUT2D eigenvalue weighted by Gasteiger charge is 2.42. The second-order valence-corrected chi connectivity index (χ2v) is 5.94. The molecule has 2 aliphatic rings. The van der Waals surface area contributed by atoms with E-state index in [1.807, 2.05) is 18.2 Å². The first kappa shape index (κ1) is 11.0. The number of H-pyrrole nitrogens is 1. The van der Waals surface area contributed by atoms with E-state index < -0.39 is 0 Å². The minimum absolute atomic E-state index is 0.200. The van der Waals surface area contributed by atoms with Gasteiger partial charge in [-0.1, -0.05) is 6.42 Å². The van der Waals surface area contributed by atoms with Crippen LogP contribution in [0.3, 0.4) is 0 Å². The van der Waals surface area contributed by atoms with Crippen molar-refractivity contribution in [2.75, 3.05) is 5.32 Å². The molecule has 2 fully saturated rings. The Morgan fingerprint density at radius 3 is 3.05 bits per heavy atom. The Morgan fingerprint density at radius 2 is 2.26 bits per heavy atom. The lowest BCUT2D eigenvalue weighted by atomic mass is 9.88. The highest BCUT2D eigenvalue weighted by Crippen LogP contribution is 2.48. The number of aromatic amines is 1. The number of rotatable bonds is 2. The van der Waals surface area contributed by atoms with Gasteiger partial charge in [-0.3, -0.25) is 9.89 Å². The molecule has 98 valence electrons. The number of carbonyl (C=O) groups excluding carboxylic acids is 1. The first-order chi connectivity index (χ1) is 9.29. The Morgan fingerprint density at radius 1 is 1.32 bits per heavy atom. The van der Waals surface area contributed by atoms with E-state index in [1.54, 1.807) is 6.20 Å². The summed E-state index contributed by atoms with van der Waals surface area (Å²) in [6.07, 6.45) is 6.70. The van der Waals surface area contributed by atoms with Gasteiger partial charge in [-0.15, -0.1) is 0 Å². The molecule has 4 rings (SSSR count). The van der Waals surface area contributed by atoms with Crippen LogP contribution in [0.15, 0.2) is 24.4 Å². The van der Waals surface area contributed by atoms with Crippen LogP contribution in [0, 0.1) is 17.8 Å². The summed E-state index contributed by atoms with van der Waals surface area (Å²) < 4.78 is 0. The molecule has 2 bridgehead atoms. The van der Waals surface area contributed by atoms with Crippen molar-refractivity contribution in [1.29, 1.82) is 0 Å². The summed E-state index contributed by atoms with van der Waals surface area (Å²) in [5, 5.41) is 11.1. The molecule has 3 atom stereocenters. The van der Waals surface area contributed by atoms with Gasteiger partial charge in [-0.25, -0.2) is 0 Å².